The second-order valence-corrected chi connectivity index (χ2v) is 8.95. The van der Waals surface area contributed by atoms with Crippen molar-refractivity contribution in [3.05, 3.63) is 80.9 Å². The molecule has 2 heterocycles. The fraction of sp³-hybridized carbons (Fsp3) is 0.167. The number of carbonyl (C=O) groups is 2. The van der Waals surface area contributed by atoms with Gasteiger partial charge in [-0.15, -0.1) is 0 Å². The van der Waals surface area contributed by atoms with Gasteiger partial charge in [0.15, 0.2) is 5.16 Å². The number of rotatable bonds is 6. The fourth-order valence-electron chi connectivity index (χ4n) is 3.46. The molecule has 0 fully saturated rings. The van der Waals surface area contributed by atoms with Crippen molar-refractivity contribution in [1.82, 2.24) is 9.97 Å². The largest absolute Gasteiger partial charge is 0.495 e. The van der Waals surface area contributed by atoms with Crippen molar-refractivity contribution in [1.29, 1.82) is 0 Å². The molecular formula is C24H20ClFN4O3S. The molecule has 1 aliphatic rings. The van der Waals surface area contributed by atoms with E-state index >= 15 is 0 Å². The molecule has 174 valence electrons. The normalized spacial score (nSPS) is 13.6. The second kappa shape index (κ2) is 9.44. The summed E-state index contributed by atoms with van der Waals surface area (Å²) in [7, 11) is 1.47. The standard InChI is InChI=1S/C24H20ClFN4O3S/c1-12-9-17(19(33-4)11-15(12)25)29-20-21(34-24-27-13(2)10-14(3)28-24)23(32)30(22(20)31)18-8-6-5-7-16(18)26/h5-11,29H,1-4H3. The van der Waals surface area contributed by atoms with Gasteiger partial charge in [0.05, 0.1) is 18.5 Å². The van der Waals surface area contributed by atoms with E-state index in [1.807, 2.05) is 0 Å². The molecular weight excluding hydrogens is 479 g/mol. The number of amides is 2. The Morgan fingerprint density at radius 1 is 1.03 bits per heavy atom. The third-order valence-electron chi connectivity index (χ3n) is 5.03. The zero-order chi connectivity index (χ0) is 24.6. The Kier molecular flexibility index (Phi) is 6.58. The van der Waals surface area contributed by atoms with Crippen LogP contribution in [0.2, 0.25) is 5.02 Å². The zero-order valence-corrected chi connectivity index (χ0v) is 20.3. The number of hydrogen-bond donors (Lipinski definition) is 1. The highest BCUT2D eigenvalue weighted by molar-refractivity contribution is 8.04. The van der Waals surface area contributed by atoms with Crippen LogP contribution in [-0.4, -0.2) is 28.9 Å². The Hall–Kier alpha value is -3.43. The minimum atomic E-state index is -0.711. The number of methoxy groups -OCH3 is 1. The molecule has 4 rings (SSSR count). The van der Waals surface area contributed by atoms with E-state index in [0.29, 0.717) is 33.0 Å². The minimum Gasteiger partial charge on any atom is -0.495 e. The highest BCUT2D eigenvalue weighted by atomic mass is 35.5. The molecule has 0 bridgehead atoms. The lowest BCUT2D eigenvalue weighted by molar-refractivity contribution is -0.120. The molecule has 1 aliphatic heterocycles. The van der Waals surface area contributed by atoms with E-state index in [4.69, 9.17) is 16.3 Å². The van der Waals surface area contributed by atoms with E-state index in [0.717, 1.165) is 22.2 Å². The van der Waals surface area contributed by atoms with Gasteiger partial charge in [-0.2, -0.15) is 0 Å². The number of thioether (sulfide) groups is 1. The lowest BCUT2D eigenvalue weighted by Gasteiger charge is -2.16. The highest BCUT2D eigenvalue weighted by Crippen LogP contribution is 2.39. The first kappa shape index (κ1) is 23.7. The zero-order valence-electron chi connectivity index (χ0n) is 18.8. The van der Waals surface area contributed by atoms with Crippen molar-refractivity contribution in [2.75, 3.05) is 17.3 Å². The fourth-order valence-corrected chi connectivity index (χ4v) is 4.60. The monoisotopic (exact) mass is 498 g/mol. The number of benzene rings is 2. The molecule has 34 heavy (non-hydrogen) atoms. The Bertz CT molecular complexity index is 1340. The molecule has 10 heteroatoms. The van der Waals surface area contributed by atoms with Crippen LogP contribution in [0.15, 0.2) is 58.2 Å². The third-order valence-corrected chi connectivity index (χ3v) is 6.39. The summed E-state index contributed by atoms with van der Waals surface area (Å²) in [5.74, 6) is -1.72. The van der Waals surface area contributed by atoms with Crippen LogP contribution in [-0.2, 0) is 9.59 Å². The second-order valence-electron chi connectivity index (χ2n) is 7.56. The van der Waals surface area contributed by atoms with Crippen LogP contribution in [0.1, 0.15) is 17.0 Å². The molecule has 0 saturated carbocycles. The van der Waals surface area contributed by atoms with Gasteiger partial charge in [0.2, 0.25) is 0 Å². The molecule has 2 amide bonds. The summed E-state index contributed by atoms with van der Waals surface area (Å²) >= 11 is 7.15. The molecule has 0 spiro atoms. The van der Waals surface area contributed by atoms with Gasteiger partial charge in [0.1, 0.15) is 22.2 Å². The molecule has 7 nitrogen and oxygen atoms in total. The Labute approximate surface area is 205 Å². The summed E-state index contributed by atoms with van der Waals surface area (Å²) in [4.78, 5) is 36.5. The number of nitrogens with zero attached hydrogens (tertiary/aromatic N) is 3. The minimum absolute atomic E-state index is 0.0351. The maximum atomic E-state index is 14.6. The molecule has 3 aromatic rings. The number of aryl methyl sites for hydroxylation is 3. The van der Waals surface area contributed by atoms with Gasteiger partial charge in [-0.05, 0) is 62.4 Å². The average molecular weight is 499 g/mol. The number of carbonyl (C=O) groups excluding carboxylic acids is 2. The number of para-hydroxylation sites is 1. The van der Waals surface area contributed by atoms with Gasteiger partial charge in [0.25, 0.3) is 11.8 Å². The number of ether oxygens (including phenoxy) is 1. The van der Waals surface area contributed by atoms with E-state index in [9.17, 15) is 14.0 Å². The van der Waals surface area contributed by atoms with Gasteiger partial charge in [-0.1, -0.05) is 23.7 Å². The predicted molar refractivity (Wildman–Crippen MR) is 130 cm³/mol. The summed E-state index contributed by atoms with van der Waals surface area (Å²) in [5.41, 5.74) is 2.40. The molecule has 0 saturated heterocycles. The first-order valence-corrected chi connectivity index (χ1v) is 11.4. The summed E-state index contributed by atoms with van der Waals surface area (Å²) in [5, 5.41) is 3.79. The summed E-state index contributed by atoms with van der Waals surface area (Å²) < 4.78 is 20.0. The van der Waals surface area contributed by atoms with Crippen molar-refractivity contribution in [3.8, 4) is 5.75 Å². The highest BCUT2D eigenvalue weighted by Gasteiger charge is 2.42. The van der Waals surface area contributed by atoms with Crippen LogP contribution in [0.3, 0.4) is 0 Å². The van der Waals surface area contributed by atoms with Gasteiger partial charge in [-0.3, -0.25) is 9.59 Å². The van der Waals surface area contributed by atoms with Crippen LogP contribution < -0.4 is 15.0 Å². The number of halogens is 2. The number of anilines is 2. The lowest BCUT2D eigenvalue weighted by Crippen LogP contribution is -2.33. The van der Waals surface area contributed by atoms with Gasteiger partial charge in [-0.25, -0.2) is 19.3 Å². The van der Waals surface area contributed by atoms with Crippen molar-refractivity contribution in [2.45, 2.75) is 25.9 Å². The Balaban J connectivity index is 1.83. The van der Waals surface area contributed by atoms with E-state index in [1.54, 1.807) is 45.0 Å². The Morgan fingerprint density at radius 3 is 2.35 bits per heavy atom. The van der Waals surface area contributed by atoms with E-state index in [1.165, 1.54) is 25.3 Å². The molecule has 0 unspecified atom stereocenters. The summed E-state index contributed by atoms with van der Waals surface area (Å²) in [6.07, 6.45) is 0. The molecule has 0 atom stereocenters. The lowest BCUT2D eigenvalue weighted by atomic mass is 10.2. The van der Waals surface area contributed by atoms with Crippen molar-refractivity contribution < 1.29 is 18.7 Å². The first-order valence-electron chi connectivity index (χ1n) is 10.2. The van der Waals surface area contributed by atoms with Crippen molar-refractivity contribution >= 4 is 46.6 Å². The maximum Gasteiger partial charge on any atom is 0.283 e. The number of nitrogens with one attached hydrogen (secondary N) is 1. The van der Waals surface area contributed by atoms with Crippen molar-refractivity contribution in [3.63, 3.8) is 0 Å². The topological polar surface area (TPSA) is 84.4 Å². The van der Waals surface area contributed by atoms with Gasteiger partial charge < -0.3 is 10.1 Å². The van der Waals surface area contributed by atoms with Crippen LogP contribution in [0, 0.1) is 26.6 Å². The SMILES string of the molecule is COc1cc(Cl)c(C)cc1NC1=C(Sc2nc(C)cc(C)n2)C(=O)N(c2ccccc2F)C1=O. The summed E-state index contributed by atoms with van der Waals surface area (Å²) in [6, 6.07) is 10.7. The van der Waals surface area contributed by atoms with Crippen LogP contribution in [0.5, 0.6) is 5.75 Å². The van der Waals surface area contributed by atoms with E-state index in [2.05, 4.69) is 15.3 Å². The maximum absolute atomic E-state index is 14.6. The van der Waals surface area contributed by atoms with Gasteiger partial charge in [0, 0.05) is 22.5 Å². The molecule has 1 aromatic heterocycles. The molecule has 0 aliphatic carbocycles. The predicted octanol–water partition coefficient (Wildman–Crippen LogP) is 5.19. The van der Waals surface area contributed by atoms with Crippen LogP contribution in [0.4, 0.5) is 15.8 Å². The first-order chi connectivity index (χ1) is 16.2. The number of aromatic nitrogens is 2. The smallest absolute Gasteiger partial charge is 0.283 e. The molecule has 0 radical (unpaired) electrons. The van der Waals surface area contributed by atoms with Crippen LogP contribution >= 0.6 is 23.4 Å². The van der Waals surface area contributed by atoms with E-state index < -0.39 is 17.6 Å². The number of hydrogen-bond acceptors (Lipinski definition) is 7. The molecule has 1 N–H and O–H groups in total. The van der Waals surface area contributed by atoms with Crippen LogP contribution in [0.25, 0.3) is 0 Å². The van der Waals surface area contributed by atoms with E-state index in [-0.39, 0.29) is 16.3 Å². The Morgan fingerprint density at radius 2 is 1.71 bits per heavy atom. The number of imide groups is 1. The quantitative estimate of drug-likeness (QED) is 0.369. The molecule has 2 aromatic carbocycles. The van der Waals surface area contributed by atoms with Crippen molar-refractivity contribution in [2.24, 2.45) is 0 Å². The summed E-state index contributed by atoms with van der Waals surface area (Å²) in [6.45, 7) is 5.41. The average Bonchev–Trinajstić information content (AvgIpc) is 3.00. The van der Waals surface area contributed by atoms with Gasteiger partial charge >= 0.3 is 0 Å². The third kappa shape index (κ3) is 4.49.